The van der Waals surface area contributed by atoms with Crippen molar-refractivity contribution in [3.05, 3.63) is 35.9 Å². The molecule has 0 radical (unpaired) electrons. The highest BCUT2D eigenvalue weighted by molar-refractivity contribution is 5.27. The van der Waals surface area contributed by atoms with Crippen LogP contribution < -0.4 is 0 Å². The summed E-state index contributed by atoms with van der Waals surface area (Å²) in [7, 11) is 4.33. The minimum absolute atomic E-state index is 0.324. The van der Waals surface area contributed by atoms with Gasteiger partial charge in [-0.2, -0.15) is 0 Å². The zero-order valence-corrected chi connectivity index (χ0v) is 9.90. The summed E-state index contributed by atoms with van der Waals surface area (Å²) in [6.45, 7) is 4.55. The van der Waals surface area contributed by atoms with E-state index in [1.54, 1.807) is 0 Å². The number of benzene rings is 1. The van der Waals surface area contributed by atoms with Crippen molar-refractivity contribution in [2.45, 2.75) is 18.8 Å². The molecule has 1 aromatic rings. The maximum absolute atomic E-state index is 2.32. The molecule has 0 aliphatic carbocycles. The van der Waals surface area contributed by atoms with Gasteiger partial charge in [-0.05, 0) is 12.0 Å². The first-order valence-corrected chi connectivity index (χ1v) is 5.66. The molecule has 15 heavy (non-hydrogen) atoms. The summed E-state index contributed by atoms with van der Waals surface area (Å²) in [5.74, 6) is 0. The second-order valence-corrected chi connectivity index (χ2v) is 4.63. The Morgan fingerprint density at radius 1 is 1.07 bits per heavy atom. The van der Waals surface area contributed by atoms with E-state index >= 15 is 0 Å². The van der Waals surface area contributed by atoms with Gasteiger partial charge >= 0.3 is 0 Å². The maximum Gasteiger partial charge on any atom is 0.0240 e. The zero-order chi connectivity index (χ0) is 10.9. The first kappa shape index (κ1) is 10.7. The molecular formula is C13H20N2. The number of hydrogen-bond acceptors (Lipinski definition) is 2. The summed E-state index contributed by atoms with van der Waals surface area (Å²) in [5.41, 5.74) is 1.80. The zero-order valence-electron chi connectivity index (χ0n) is 9.90. The molecule has 0 saturated carbocycles. The first-order chi connectivity index (χ1) is 7.18. The molecule has 0 amide bonds. The maximum atomic E-state index is 2.32. The van der Waals surface area contributed by atoms with Gasteiger partial charge in [0.05, 0.1) is 0 Å². The third kappa shape index (κ3) is 1.80. The fraction of sp³-hybridized carbons (Fsp3) is 0.538. The molecule has 1 saturated heterocycles. The molecule has 0 bridgehead atoms. The van der Waals surface area contributed by atoms with Crippen molar-refractivity contribution in [2.24, 2.45) is 0 Å². The van der Waals surface area contributed by atoms with E-state index in [9.17, 15) is 0 Å². The van der Waals surface area contributed by atoms with Gasteiger partial charge in [0, 0.05) is 32.6 Å². The topological polar surface area (TPSA) is 6.48 Å². The summed E-state index contributed by atoms with van der Waals surface area (Å²) >= 11 is 0. The predicted molar refractivity (Wildman–Crippen MR) is 63.7 cm³/mol. The highest BCUT2D eigenvalue weighted by Crippen LogP contribution is 2.34. The van der Waals surface area contributed by atoms with Gasteiger partial charge in [0.1, 0.15) is 0 Å². The Hall–Kier alpha value is -0.860. The smallest absolute Gasteiger partial charge is 0.0240 e. The SMILES string of the molecule is CCC1(c2ccccc2)CN(C)N(C)C1. The summed E-state index contributed by atoms with van der Waals surface area (Å²) in [4.78, 5) is 0. The van der Waals surface area contributed by atoms with E-state index in [4.69, 9.17) is 0 Å². The number of likely N-dealkylation sites (N-methyl/N-ethyl adjacent to an activating group) is 2. The van der Waals surface area contributed by atoms with E-state index in [1.807, 2.05) is 0 Å². The van der Waals surface area contributed by atoms with Crippen LogP contribution in [0.3, 0.4) is 0 Å². The lowest BCUT2D eigenvalue weighted by Gasteiger charge is -2.27. The van der Waals surface area contributed by atoms with Gasteiger partial charge in [-0.25, -0.2) is 10.0 Å². The van der Waals surface area contributed by atoms with Crippen LogP contribution in [0.1, 0.15) is 18.9 Å². The number of hydrogen-bond donors (Lipinski definition) is 0. The second-order valence-electron chi connectivity index (χ2n) is 4.63. The van der Waals surface area contributed by atoms with Crippen molar-refractivity contribution in [1.82, 2.24) is 10.0 Å². The third-order valence-electron chi connectivity index (χ3n) is 3.71. The van der Waals surface area contributed by atoms with E-state index in [1.165, 1.54) is 12.0 Å². The quantitative estimate of drug-likeness (QED) is 0.728. The van der Waals surface area contributed by atoms with Crippen molar-refractivity contribution in [2.75, 3.05) is 27.2 Å². The Morgan fingerprint density at radius 2 is 1.60 bits per heavy atom. The Labute approximate surface area is 92.5 Å². The minimum Gasteiger partial charge on any atom is -0.244 e. The van der Waals surface area contributed by atoms with Crippen LogP contribution in [-0.2, 0) is 5.41 Å². The molecule has 0 unspecified atom stereocenters. The van der Waals surface area contributed by atoms with Gasteiger partial charge in [-0.3, -0.25) is 0 Å². The summed E-state index contributed by atoms with van der Waals surface area (Å²) in [6.07, 6.45) is 1.20. The van der Waals surface area contributed by atoms with Crippen molar-refractivity contribution in [1.29, 1.82) is 0 Å². The summed E-state index contributed by atoms with van der Waals surface area (Å²) in [6, 6.07) is 10.9. The molecule has 0 spiro atoms. The Kier molecular flexibility index (Phi) is 2.81. The van der Waals surface area contributed by atoms with E-state index < -0.39 is 0 Å². The molecule has 1 heterocycles. The predicted octanol–water partition coefficient (Wildman–Crippen LogP) is 2.13. The highest BCUT2D eigenvalue weighted by atomic mass is 15.6. The fourth-order valence-electron chi connectivity index (χ4n) is 2.57. The molecule has 0 N–H and O–H groups in total. The van der Waals surface area contributed by atoms with Gasteiger partial charge in [0.25, 0.3) is 0 Å². The Morgan fingerprint density at radius 3 is 2.07 bits per heavy atom. The van der Waals surface area contributed by atoms with E-state index in [-0.39, 0.29) is 0 Å². The van der Waals surface area contributed by atoms with Crippen LogP contribution in [0.25, 0.3) is 0 Å². The lowest BCUT2D eigenvalue weighted by atomic mass is 9.79. The van der Waals surface area contributed by atoms with Crippen LogP contribution in [0, 0.1) is 0 Å². The molecule has 1 aliphatic heterocycles. The fourth-order valence-corrected chi connectivity index (χ4v) is 2.57. The monoisotopic (exact) mass is 204 g/mol. The first-order valence-electron chi connectivity index (χ1n) is 5.66. The molecule has 2 rings (SSSR count). The molecule has 2 heteroatoms. The second kappa shape index (κ2) is 3.95. The van der Waals surface area contributed by atoms with Crippen molar-refractivity contribution >= 4 is 0 Å². The minimum atomic E-state index is 0.324. The van der Waals surface area contributed by atoms with E-state index in [0.29, 0.717) is 5.41 Å². The normalized spacial score (nSPS) is 22.1. The van der Waals surface area contributed by atoms with Gasteiger partial charge in [0.15, 0.2) is 0 Å². The molecule has 82 valence electrons. The van der Waals surface area contributed by atoms with Gasteiger partial charge in [-0.15, -0.1) is 0 Å². The largest absolute Gasteiger partial charge is 0.244 e. The Bertz CT molecular complexity index is 311. The van der Waals surface area contributed by atoms with Crippen LogP contribution in [0.2, 0.25) is 0 Å². The number of hydrazine groups is 1. The molecule has 1 aliphatic rings. The number of nitrogens with zero attached hydrogens (tertiary/aromatic N) is 2. The average Bonchev–Trinajstić information content (AvgIpc) is 2.57. The van der Waals surface area contributed by atoms with Crippen LogP contribution in [0.5, 0.6) is 0 Å². The highest BCUT2D eigenvalue weighted by Gasteiger charge is 2.39. The summed E-state index contributed by atoms with van der Waals surface area (Å²) in [5, 5.41) is 4.63. The van der Waals surface area contributed by atoms with Crippen LogP contribution in [-0.4, -0.2) is 37.2 Å². The van der Waals surface area contributed by atoms with Crippen LogP contribution in [0.15, 0.2) is 30.3 Å². The number of rotatable bonds is 2. The average molecular weight is 204 g/mol. The Balaban J connectivity index is 2.32. The molecule has 1 aromatic carbocycles. The third-order valence-corrected chi connectivity index (χ3v) is 3.71. The lowest BCUT2D eigenvalue weighted by Crippen LogP contribution is -2.31. The van der Waals surface area contributed by atoms with Crippen molar-refractivity contribution in [3.8, 4) is 0 Å². The standard InChI is InChI=1S/C13H20N2/c1-4-13(10-14(2)15(3)11-13)12-8-6-5-7-9-12/h5-9H,4,10-11H2,1-3H3. The molecule has 1 fully saturated rings. The van der Waals surface area contributed by atoms with Gasteiger partial charge in [0.2, 0.25) is 0 Å². The van der Waals surface area contributed by atoms with Crippen LogP contribution in [0.4, 0.5) is 0 Å². The summed E-state index contributed by atoms with van der Waals surface area (Å²) < 4.78 is 0. The van der Waals surface area contributed by atoms with Gasteiger partial charge in [-0.1, -0.05) is 37.3 Å². The van der Waals surface area contributed by atoms with Crippen LogP contribution >= 0.6 is 0 Å². The molecule has 0 aromatic heterocycles. The molecule has 0 atom stereocenters. The van der Waals surface area contributed by atoms with E-state index in [0.717, 1.165) is 13.1 Å². The van der Waals surface area contributed by atoms with Crippen molar-refractivity contribution < 1.29 is 0 Å². The van der Waals surface area contributed by atoms with Gasteiger partial charge < -0.3 is 0 Å². The van der Waals surface area contributed by atoms with Crippen molar-refractivity contribution in [3.63, 3.8) is 0 Å². The van der Waals surface area contributed by atoms with E-state index in [2.05, 4.69) is 61.4 Å². The lowest BCUT2D eigenvalue weighted by molar-refractivity contribution is 0.0894. The molecule has 2 nitrogen and oxygen atoms in total. The molecular weight excluding hydrogens is 184 g/mol.